The van der Waals surface area contributed by atoms with Crippen molar-refractivity contribution in [3.05, 3.63) is 21.8 Å². The second-order valence-electron chi connectivity index (χ2n) is 3.19. The summed E-state index contributed by atoms with van der Waals surface area (Å²) in [5, 5.41) is 17.9. The van der Waals surface area contributed by atoms with E-state index >= 15 is 0 Å². The van der Waals surface area contributed by atoms with Crippen LogP contribution >= 0.6 is 22.7 Å². The lowest BCUT2D eigenvalue weighted by Gasteiger charge is -1.96. The Morgan fingerprint density at radius 1 is 1.40 bits per heavy atom. The van der Waals surface area contributed by atoms with Crippen molar-refractivity contribution >= 4 is 22.7 Å². The third-order valence-corrected chi connectivity index (χ3v) is 3.59. The van der Waals surface area contributed by atoms with Crippen LogP contribution < -0.4 is 5.32 Å². The van der Waals surface area contributed by atoms with Crippen molar-refractivity contribution in [2.75, 3.05) is 6.54 Å². The van der Waals surface area contributed by atoms with Gasteiger partial charge in [0, 0.05) is 17.5 Å². The molecule has 2 aromatic heterocycles. The standard InChI is InChI=1S/C10H13N3S2/c1-2-4-11-6-9-12-13-10(15-9)8-3-5-14-7-8/h3,5,7,11H,2,4,6H2,1H3. The lowest BCUT2D eigenvalue weighted by molar-refractivity contribution is 0.668. The molecule has 3 nitrogen and oxygen atoms in total. The van der Waals surface area contributed by atoms with Crippen molar-refractivity contribution in [1.29, 1.82) is 0 Å². The minimum atomic E-state index is 0.829. The summed E-state index contributed by atoms with van der Waals surface area (Å²) in [6.07, 6.45) is 1.15. The molecule has 0 aliphatic rings. The summed E-state index contributed by atoms with van der Waals surface area (Å²) in [4.78, 5) is 0. The molecule has 0 aliphatic heterocycles. The zero-order valence-corrected chi connectivity index (χ0v) is 10.2. The maximum atomic E-state index is 4.17. The summed E-state index contributed by atoms with van der Waals surface area (Å²) in [7, 11) is 0. The average molecular weight is 239 g/mol. The summed E-state index contributed by atoms with van der Waals surface area (Å²) in [6.45, 7) is 4.02. The molecule has 0 fully saturated rings. The third kappa shape index (κ3) is 2.84. The van der Waals surface area contributed by atoms with Gasteiger partial charge in [0.05, 0.1) is 0 Å². The third-order valence-electron chi connectivity index (χ3n) is 1.94. The number of rotatable bonds is 5. The van der Waals surface area contributed by atoms with Crippen LogP contribution in [0.5, 0.6) is 0 Å². The molecule has 0 amide bonds. The molecular weight excluding hydrogens is 226 g/mol. The molecule has 15 heavy (non-hydrogen) atoms. The van der Waals surface area contributed by atoms with Gasteiger partial charge in [-0.05, 0) is 24.4 Å². The Hall–Kier alpha value is -0.780. The van der Waals surface area contributed by atoms with E-state index in [0.717, 1.165) is 29.5 Å². The first-order chi connectivity index (χ1) is 7.40. The van der Waals surface area contributed by atoms with Gasteiger partial charge in [0.25, 0.3) is 0 Å². The normalized spacial score (nSPS) is 10.7. The van der Waals surface area contributed by atoms with E-state index in [1.165, 1.54) is 5.56 Å². The van der Waals surface area contributed by atoms with Gasteiger partial charge in [-0.25, -0.2) is 0 Å². The zero-order chi connectivity index (χ0) is 10.5. The van der Waals surface area contributed by atoms with Gasteiger partial charge in [-0.15, -0.1) is 10.2 Å². The summed E-state index contributed by atoms with van der Waals surface area (Å²) in [6, 6.07) is 2.08. The number of hydrogen-bond acceptors (Lipinski definition) is 5. The first kappa shape index (κ1) is 10.7. The summed E-state index contributed by atoms with van der Waals surface area (Å²) >= 11 is 3.35. The molecule has 0 radical (unpaired) electrons. The van der Waals surface area contributed by atoms with Gasteiger partial charge >= 0.3 is 0 Å². The van der Waals surface area contributed by atoms with Crippen molar-refractivity contribution in [3.63, 3.8) is 0 Å². The van der Waals surface area contributed by atoms with Crippen molar-refractivity contribution in [1.82, 2.24) is 15.5 Å². The summed E-state index contributed by atoms with van der Waals surface area (Å²) in [5.41, 5.74) is 1.18. The van der Waals surface area contributed by atoms with E-state index in [0.29, 0.717) is 0 Å². The highest BCUT2D eigenvalue weighted by Gasteiger charge is 2.05. The highest BCUT2D eigenvalue weighted by Crippen LogP contribution is 2.25. The number of nitrogens with zero attached hydrogens (tertiary/aromatic N) is 2. The van der Waals surface area contributed by atoms with Gasteiger partial charge in [-0.3, -0.25) is 0 Å². The fourth-order valence-electron chi connectivity index (χ4n) is 1.20. The lowest BCUT2D eigenvalue weighted by atomic mass is 10.4. The van der Waals surface area contributed by atoms with E-state index in [1.807, 2.05) is 0 Å². The molecule has 2 heterocycles. The predicted molar refractivity (Wildman–Crippen MR) is 65.2 cm³/mol. The molecule has 0 atom stereocenters. The Morgan fingerprint density at radius 3 is 3.07 bits per heavy atom. The highest BCUT2D eigenvalue weighted by atomic mass is 32.1. The largest absolute Gasteiger partial charge is 0.310 e. The molecule has 2 aromatic rings. The van der Waals surface area contributed by atoms with Crippen LogP contribution in [-0.4, -0.2) is 16.7 Å². The number of hydrogen-bond donors (Lipinski definition) is 1. The zero-order valence-electron chi connectivity index (χ0n) is 8.56. The maximum Gasteiger partial charge on any atom is 0.148 e. The predicted octanol–water partition coefficient (Wildman–Crippen LogP) is 2.77. The first-order valence-corrected chi connectivity index (χ1v) is 6.71. The smallest absolute Gasteiger partial charge is 0.148 e. The average Bonchev–Trinajstić information content (AvgIpc) is 2.87. The SMILES string of the molecule is CCCNCc1nnc(-c2ccsc2)s1. The molecule has 0 aliphatic carbocycles. The fourth-order valence-corrected chi connectivity index (χ4v) is 2.72. The number of aromatic nitrogens is 2. The molecule has 80 valence electrons. The van der Waals surface area contributed by atoms with Crippen LogP contribution in [0, 0.1) is 0 Å². The maximum absolute atomic E-state index is 4.17. The van der Waals surface area contributed by atoms with E-state index < -0.39 is 0 Å². The Morgan fingerprint density at radius 2 is 2.33 bits per heavy atom. The molecule has 0 aromatic carbocycles. The summed E-state index contributed by atoms with van der Waals surface area (Å²) in [5.74, 6) is 0. The van der Waals surface area contributed by atoms with E-state index in [9.17, 15) is 0 Å². The van der Waals surface area contributed by atoms with Gasteiger partial charge in [0.2, 0.25) is 0 Å². The van der Waals surface area contributed by atoms with Crippen LogP contribution in [-0.2, 0) is 6.54 Å². The summed E-state index contributed by atoms with van der Waals surface area (Å²) < 4.78 is 0. The first-order valence-electron chi connectivity index (χ1n) is 4.96. The van der Waals surface area contributed by atoms with Gasteiger partial charge in [0.15, 0.2) is 0 Å². The monoisotopic (exact) mass is 239 g/mol. The second-order valence-corrected chi connectivity index (χ2v) is 5.03. The van der Waals surface area contributed by atoms with E-state index in [2.05, 4.69) is 39.3 Å². The minimum Gasteiger partial charge on any atom is -0.310 e. The number of nitrogens with one attached hydrogen (secondary N) is 1. The molecular formula is C10H13N3S2. The quantitative estimate of drug-likeness (QED) is 0.815. The molecule has 5 heteroatoms. The van der Waals surface area contributed by atoms with Crippen LogP contribution in [0.4, 0.5) is 0 Å². The molecule has 0 spiro atoms. The minimum absolute atomic E-state index is 0.829. The molecule has 2 rings (SSSR count). The van der Waals surface area contributed by atoms with Crippen molar-refractivity contribution < 1.29 is 0 Å². The van der Waals surface area contributed by atoms with Crippen LogP contribution in [0.1, 0.15) is 18.4 Å². The van der Waals surface area contributed by atoms with Gasteiger partial charge in [0.1, 0.15) is 10.0 Å². The van der Waals surface area contributed by atoms with Crippen LogP contribution in [0.15, 0.2) is 16.8 Å². The molecule has 0 saturated heterocycles. The molecule has 1 N–H and O–H groups in total. The van der Waals surface area contributed by atoms with Crippen LogP contribution in [0.25, 0.3) is 10.6 Å². The Kier molecular flexibility index (Phi) is 3.82. The highest BCUT2D eigenvalue weighted by molar-refractivity contribution is 7.15. The second kappa shape index (κ2) is 5.34. The molecule has 0 unspecified atom stereocenters. The van der Waals surface area contributed by atoms with Crippen LogP contribution in [0.2, 0.25) is 0 Å². The fraction of sp³-hybridized carbons (Fsp3) is 0.400. The van der Waals surface area contributed by atoms with Crippen molar-refractivity contribution in [3.8, 4) is 10.6 Å². The topological polar surface area (TPSA) is 37.8 Å². The van der Waals surface area contributed by atoms with Crippen molar-refractivity contribution in [2.24, 2.45) is 0 Å². The van der Waals surface area contributed by atoms with Crippen LogP contribution in [0.3, 0.4) is 0 Å². The number of thiophene rings is 1. The van der Waals surface area contributed by atoms with E-state index in [4.69, 9.17) is 0 Å². The van der Waals surface area contributed by atoms with E-state index in [1.54, 1.807) is 22.7 Å². The lowest BCUT2D eigenvalue weighted by Crippen LogP contribution is -2.13. The van der Waals surface area contributed by atoms with E-state index in [-0.39, 0.29) is 0 Å². The van der Waals surface area contributed by atoms with Gasteiger partial charge in [-0.2, -0.15) is 11.3 Å². The molecule has 0 saturated carbocycles. The Balaban J connectivity index is 1.98. The van der Waals surface area contributed by atoms with Crippen molar-refractivity contribution in [2.45, 2.75) is 19.9 Å². The van der Waals surface area contributed by atoms with Gasteiger partial charge < -0.3 is 5.32 Å². The Labute approximate surface area is 97.2 Å². The van der Waals surface area contributed by atoms with Gasteiger partial charge in [-0.1, -0.05) is 18.3 Å². The Bertz CT molecular complexity index is 394. The molecule has 0 bridgehead atoms.